The van der Waals surface area contributed by atoms with Gasteiger partial charge in [-0.2, -0.15) is 0 Å². The third-order valence-electron chi connectivity index (χ3n) is 3.91. The fraction of sp³-hybridized carbons (Fsp3) is 0.167. The number of fused-ring (bicyclic) bond motifs is 1. The molecule has 1 unspecified atom stereocenters. The summed E-state index contributed by atoms with van der Waals surface area (Å²) in [5.74, 6) is -1.96. The van der Waals surface area contributed by atoms with Crippen LogP contribution in [0.1, 0.15) is 18.5 Å². The fourth-order valence-electron chi connectivity index (χ4n) is 2.62. The molecule has 1 aromatic heterocycles. The van der Waals surface area contributed by atoms with E-state index in [1.807, 2.05) is 0 Å². The number of carbonyl (C=O) groups is 1. The lowest BCUT2D eigenvalue weighted by Gasteiger charge is -2.15. The van der Waals surface area contributed by atoms with Gasteiger partial charge in [0.05, 0.1) is 23.3 Å². The van der Waals surface area contributed by atoms with Gasteiger partial charge in [0, 0.05) is 16.7 Å². The van der Waals surface area contributed by atoms with Gasteiger partial charge in [-0.3, -0.25) is 14.2 Å². The molecule has 1 atom stereocenters. The molecule has 134 valence electrons. The quantitative estimate of drug-likeness (QED) is 0.759. The fourth-order valence-corrected chi connectivity index (χ4v) is 2.79. The average molecular weight is 378 g/mol. The summed E-state index contributed by atoms with van der Waals surface area (Å²) in [4.78, 5) is 28.8. The van der Waals surface area contributed by atoms with E-state index in [4.69, 9.17) is 11.6 Å². The molecule has 1 heterocycles. The molecular weight excluding hydrogens is 364 g/mol. The van der Waals surface area contributed by atoms with Crippen LogP contribution < -0.4 is 10.9 Å². The molecule has 3 aromatic rings. The zero-order chi connectivity index (χ0) is 18.8. The van der Waals surface area contributed by atoms with Gasteiger partial charge in [-0.05, 0) is 31.2 Å². The van der Waals surface area contributed by atoms with Crippen molar-refractivity contribution in [2.75, 3.05) is 0 Å². The van der Waals surface area contributed by atoms with E-state index >= 15 is 0 Å². The third kappa shape index (κ3) is 3.72. The highest BCUT2D eigenvalue weighted by atomic mass is 35.5. The highest BCUT2D eigenvalue weighted by Gasteiger charge is 2.15. The number of halogens is 3. The van der Waals surface area contributed by atoms with E-state index in [0.29, 0.717) is 15.9 Å². The van der Waals surface area contributed by atoms with Gasteiger partial charge in [-0.25, -0.2) is 13.8 Å². The van der Waals surface area contributed by atoms with Crippen molar-refractivity contribution in [1.29, 1.82) is 0 Å². The number of rotatable bonds is 4. The van der Waals surface area contributed by atoms with E-state index in [-0.39, 0.29) is 12.1 Å². The van der Waals surface area contributed by atoms with Gasteiger partial charge in [0.2, 0.25) is 5.91 Å². The van der Waals surface area contributed by atoms with E-state index in [9.17, 15) is 18.4 Å². The predicted molar refractivity (Wildman–Crippen MR) is 93.9 cm³/mol. The van der Waals surface area contributed by atoms with Crippen LogP contribution >= 0.6 is 11.6 Å². The molecule has 26 heavy (non-hydrogen) atoms. The number of benzene rings is 2. The molecule has 0 spiro atoms. The predicted octanol–water partition coefficient (Wildman–Crippen LogP) is 3.21. The normalized spacial score (nSPS) is 12.2. The van der Waals surface area contributed by atoms with Crippen molar-refractivity contribution in [3.05, 3.63) is 75.3 Å². The van der Waals surface area contributed by atoms with Gasteiger partial charge in [-0.15, -0.1) is 0 Å². The molecule has 1 N–H and O–H groups in total. The van der Waals surface area contributed by atoms with Crippen LogP contribution in [0.25, 0.3) is 10.9 Å². The van der Waals surface area contributed by atoms with E-state index in [1.54, 1.807) is 19.1 Å². The Balaban J connectivity index is 1.78. The smallest absolute Gasteiger partial charge is 0.261 e. The van der Waals surface area contributed by atoms with Gasteiger partial charge in [-0.1, -0.05) is 17.7 Å². The summed E-state index contributed by atoms with van der Waals surface area (Å²) in [7, 11) is 0. The molecule has 0 bridgehead atoms. The second kappa shape index (κ2) is 7.21. The highest BCUT2D eigenvalue weighted by molar-refractivity contribution is 6.31. The minimum Gasteiger partial charge on any atom is -0.348 e. The molecule has 2 aromatic carbocycles. The number of nitrogens with one attached hydrogen (secondary N) is 1. The maximum atomic E-state index is 13.8. The molecule has 5 nitrogen and oxygen atoms in total. The Labute approximate surface area is 152 Å². The Morgan fingerprint density at radius 2 is 2.04 bits per heavy atom. The van der Waals surface area contributed by atoms with Crippen LogP contribution in [0.15, 0.2) is 47.5 Å². The highest BCUT2D eigenvalue weighted by Crippen LogP contribution is 2.18. The van der Waals surface area contributed by atoms with Crippen molar-refractivity contribution < 1.29 is 13.6 Å². The van der Waals surface area contributed by atoms with Crippen LogP contribution in [-0.2, 0) is 11.3 Å². The van der Waals surface area contributed by atoms with Crippen LogP contribution in [-0.4, -0.2) is 15.5 Å². The maximum absolute atomic E-state index is 13.8. The van der Waals surface area contributed by atoms with Crippen molar-refractivity contribution in [1.82, 2.24) is 14.9 Å². The minimum atomic E-state index is -0.753. The van der Waals surface area contributed by atoms with Crippen LogP contribution in [0, 0.1) is 11.6 Å². The monoisotopic (exact) mass is 377 g/mol. The zero-order valence-electron chi connectivity index (χ0n) is 13.7. The number of amides is 1. The van der Waals surface area contributed by atoms with Crippen LogP contribution in [0.2, 0.25) is 5.02 Å². The van der Waals surface area contributed by atoms with Gasteiger partial charge >= 0.3 is 0 Å². The first-order valence-corrected chi connectivity index (χ1v) is 8.12. The molecule has 0 fully saturated rings. The van der Waals surface area contributed by atoms with Crippen LogP contribution in [0.4, 0.5) is 8.78 Å². The maximum Gasteiger partial charge on any atom is 0.261 e. The molecular formula is C18H14ClF2N3O2. The van der Waals surface area contributed by atoms with Crippen molar-refractivity contribution in [3.63, 3.8) is 0 Å². The molecule has 0 saturated heterocycles. The average Bonchev–Trinajstić information content (AvgIpc) is 2.57. The van der Waals surface area contributed by atoms with Gasteiger partial charge in [0.15, 0.2) is 0 Å². The van der Waals surface area contributed by atoms with E-state index < -0.39 is 29.1 Å². The largest absolute Gasteiger partial charge is 0.348 e. The molecule has 0 aliphatic carbocycles. The third-order valence-corrected chi connectivity index (χ3v) is 4.14. The summed E-state index contributed by atoms with van der Waals surface area (Å²) in [5.41, 5.74) is 0.210. The number of nitrogens with zero attached hydrogens (tertiary/aromatic N) is 2. The molecule has 3 rings (SSSR count). The molecule has 8 heteroatoms. The number of hydrogen-bond acceptors (Lipinski definition) is 3. The Bertz CT molecular complexity index is 1050. The molecule has 1 amide bonds. The Hall–Kier alpha value is -2.80. The summed E-state index contributed by atoms with van der Waals surface area (Å²) < 4.78 is 27.9. The van der Waals surface area contributed by atoms with Crippen molar-refractivity contribution in [2.24, 2.45) is 0 Å². The number of hydrogen-bond donors (Lipinski definition) is 1. The SMILES string of the molecule is CC(NC(=O)Cn1cnc2ccc(Cl)cc2c1=O)c1ccc(F)cc1F. The van der Waals surface area contributed by atoms with E-state index in [0.717, 1.165) is 16.7 Å². The lowest BCUT2D eigenvalue weighted by Crippen LogP contribution is -2.34. The number of carbonyl (C=O) groups excluding carboxylic acids is 1. The molecule has 0 aliphatic heterocycles. The summed E-state index contributed by atoms with van der Waals surface area (Å²) in [6.07, 6.45) is 1.27. The van der Waals surface area contributed by atoms with Crippen LogP contribution in [0.5, 0.6) is 0 Å². The Morgan fingerprint density at radius 3 is 2.77 bits per heavy atom. The van der Waals surface area contributed by atoms with Crippen molar-refractivity contribution >= 4 is 28.4 Å². The van der Waals surface area contributed by atoms with Gasteiger partial charge < -0.3 is 5.32 Å². The lowest BCUT2D eigenvalue weighted by atomic mass is 10.1. The van der Waals surface area contributed by atoms with E-state index in [2.05, 4.69) is 10.3 Å². The summed E-state index contributed by atoms with van der Waals surface area (Å²) in [5, 5.41) is 3.26. The summed E-state index contributed by atoms with van der Waals surface area (Å²) in [6.45, 7) is 1.27. The first-order valence-electron chi connectivity index (χ1n) is 7.74. The van der Waals surface area contributed by atoms with E-state index in [1.165, 1.54) is 18.5 Å². The molecule has 0 radical (unpaired) electrons. The summed E-state index contributed by atoms with van der Waals surface area (Å²) >= 11 is 5.89. The second-order valence-corrected chi connectivity index (χ2v) is 6.23. The second-order valence-electron chi connectivity index (χ2n) is 5.79. The van der Waals surface area contributed by atoms with Crippen LogP contribution in [0.3, 0.4) is 0 Å². The first-order chi connectivity index (χ1) is 12.3. The van der Waals surface area contributed by atoms with Gasteiger partial charge in [0.25, 0.3) is 5.56 Å². The lowest BCUT2D eigenvalue weighted by molar-refractivity contribution is -0.122. The molecule has 0 saturated carbocycles. The van der Waals surface area contributed by atoms with Crippen molar-refractivity contribution in [2.45, 2.75) is 19.5 Å². The Morgan fingerprint density at radius 1 is 1.27 bits per heavy atom. The minimum absolute atomic E-state index is 0.149. The first kappa shape index (κ1) is 18.0. The number of aromatic nitrogens is 2. The summed E-state index contributed by atoms with van der Waals surface area (Å²) in [6, 6.07) is 7.15. The standard InChI is InChI=1S/C18H14ClF2N3O2/c1-10(13-4-3-12(20)7-15(13)21)23-17(25)8-24-9-22-16-5-2-11(19)6-14(16)18(24)26/h2-7,9-10H,8H2,1H3,(H,23,25). The zero-order valence-corrected chi connectivity index (χ0v) is 14.4. The Kier molecular flexibility index (Phi) is 4.99. The molecule has 0 aliphatic rings. The van der Waals surface area contributed by atoms with Crippen molar-refractivity contribution in [3.8, 4) is 0 Å². The van der Waals surface area contributed by atoms with Gasteiger partial charge in [0.1, 0.15) is 18.2 Å². The topological polar surface area (TPSA) is 64.0 Å².